The highest BCUT2D eigenvalue weighted by Gasteiger charge is 2.29. The molecule has 116 valence electrons. The van der Waals surface area contributed by atoms with Crippen molar-refractivity contribution in [1.29, 1.82) is 0 Å². The second-order valence-electron chi connectivity index (χ2n) is 6.28. The zero-order valence-corrected chi connectivity index (χ0v) is 13.2. The maximum Gasteiger partial charge on any atom is 0.319 e. The molecule has 21 heavy (non-hydrogen) atoms. The Bertz CT molecular complexity index is 453. The summed E-state index contributed by atoms with van der Waals surface area (Å²) in [7, 11) is 2.15. The van der Waals surface area contributed by atoms with Crippen LogP contribution in [-0.4, -0.2) is 61.1 Å². The van der Waals surface area contributed by atoms with Crippen molar-refractivity contribution in [1.82, 2.24) is 15.1 Å². The maximum absolute atomic E-state index is 11.9. The van der Waals surface area contributed by atoms with Crippen LogP contribution in [0.25, 0.3) is 0 Å². The number of nitrogens with zero attached hydrogens (tertiary/aromatic N) is 2. The highest BCUT2D eigenvalue weighted by atomic mass is 16.2. The van der Waals surface area contributed by atoms with Gasteiger partial charge in [0.2, 0.25) is 0 Å². The molecule has 2 rings (SSSR count). The largest absolute Gasteiger partial charge is 0.336 e. The van der Waals surface area contributed by atoms with Gasteiger partial charge in [-0.25, -0.2) is 4.79 Å². The minimum Gasteiger partial charge on any atom is -0.336 e. The Labute approximate surface area is 127 Å². The molecule has 1 aliphatic heterocycles. The molecule has 2 N–H and O–H groups in total. The Morgan fingerprint density at radius 2 is 1.76 bits per heavy atom. The number of carbonyl (C=O) groups excluding carboxylic acids is 1. The van der Waals surface area contributed by atoms with Crippen molar-refractivity contribution in [2.45, 2.75) is 19.4 Å². The van der Waals surface area contributed by atoms with Crippen LogP contribution in [0, 0.1) is 0 Å². The van der Waals surface area contributed by atoms with Gasteiger partial charge in [-0.2, -0.15) is 0 Å². The monoisotopic (exact) mass is 290 g/mol. The third-order valence-corrected chi connectivity index (χ3v) is 4.07. The third kappa shape index (κ3) is 4.72. The summed E-state index contributed by atoms with van der Waals surface area (Å²) in [6.07, 6.45) is 0. The zero-order valence-electron chi connectivity index (χ0n) is 13.2. The summed E-state index contributed by atoms with van der Waals surface area (Å²) in [6.45, 7) is 9.26. The second kappa shape index (κ2) is 6.91. The number of hydrogen-bond acceptors (Lipinski definition) is 3. The lowest BCUT2D eigenvalue weighted by Crippen LogP contribution is -2.58. The van der Waals surface area contributed by atoms with Crippen LogP contribution < -0.4 is 10.6 Å². The number of benzene rings is 1. The molecule has 0 atom stereocenters. The molecule has 1 saturated heterocycles. The van der Waals surface area contributed by atoms with Gasteiger partial charge in [-0.3, -0.25) is 4.90 Å². The van der Waals surface area contributed by atoms with Crippen LogP contribution in [0.15, 0.2) is 30.3 Å². The first-order valence-electron chi connectivity index (χ1n) is 7.51. The number of piperazine rings is 1. The summed E-state index contributed by atoms with van der Waals surface area (Å²) >= 11 is 0. The normalized spacial score (nSPS) is 17.5. The molecule has 1 aromatic carbocycles. The van der Waals surface area contributed by atoms with Crippen LogP contribution in [0.2, 0.25) is 0 Å². The van der Waals surface area contributed by atoms with E-state index in [4.69, 9.17) is 0 Å². The summed E-state index contributed by atoms with van der Waals surface area (Å²) in [5.74, 6) is 0. The SMILES string of the molecule is CN1CCN(C(C)(C)CNC(=O)Nc2ccccc2)CC1. The molecule has 1 heterocycles. The Morgan fingerprint density at radius 1 is 1.14 bits per heavy atom. The highest BCUT2D eigenvalue weighted by molar-refractivity contribution is 5.89. The maximum atomic E-state index is 11.9. The molecule has 1 aromatic rings. The average molecular weight is 290 g/mol. The standard InChI is InChI=1S/C16H26N4O/c1-16(2,20-11-9-19(3)10-12-20)13-17-15(21)18-14-7-5-4-6-8-14/h4-8H,9-13H2,1-3H3,(H2,17,18,21). The summed E-state index contributed by atoms with van der Waals surface area (Å²) < 4.78 is 0. The van der Waals surface area contributed by atoms with E-state index in [0.717, 1.165) is 31.9 Å². The van der Waals surface area contributed by atoms with Crippen molar-refractivity contribution in [2.75, 3.05) is 45.1 Å². The molecule has 0 aliphatic carbocycles. The van der Waals surface area contributed by atoms with Crippen LogP contribution in [-0.2, 0) is 0 Å². The van der Waals surface area contributed by atoms with Gasteiger partial charge < -0.3 is 15.5 Å². The first-order valence-corrected chi connectivity index (χ1v) is 7.51. The van der Waals surface area contributed by atoms with Crippen LogP contribution in [0.4, 0.5) is 10.5 Å². The fourth-order valence-electron chi connectivity index (χ4n) is 2.52. The van der Waals surface area contributed by atoms with E-state index in [1.807, 2.05) is 30.3 Å². The number of carbonyl (C=O) groups is 1. The van der Waals surface area contributed by atoms with Gasteiger partial charge in [0.15, 0.2) is 0 Å². The Hall–Kier alpha value is -1.59. The highest BCUT2D eigenvalue weighted by Crippen LogP contribution is 2.15. The van der Waals surface area contributed by atoms with E-state index in [2.05, 4.69) is 41.3 Å². The smallest absolute Gasteiger partial charge is 0.319 e. The Balaban J connectivity index is 1.79. The van der Waals surface area contributed by atoms with Gasteiger partial charge in [0, 0.05) is 44.0 Å². The summed E-state index contributed by atoms with van der Waals surface area (Å²) in [5.41, 5.74) is 0.780. The number of amides is 2. The summed E-state index contributed by atoms with van der Waals surface area (Å²) in [6, 6.07) is 9.35. The first kappa shape index (κ1) is 15.8. The molecule has 0 saturated carbocycles. The summed E-state index contributed by atoms with van der Waals surface area (Å²) in [5, 5.41) is 5.82. The average Bonchev–Trinajstić information content (AvgIpc) is 2.47. The fraction of sp³-hybridized carbons (Fsp3) is 0.562. The summed E-state index contributed by atoms with van der Waals surface area (Å²) in [4.78, 5) is 16.7. The lowest BCUT2D eigenvalue weighted by molar-refractivity contribution is 0.0636. The number of urea groups is 1. The number of hydrogen-bond donors (Lipinski definition) is 2. The lowest BCUT2D eigenvalue weighted by atomic mass is 10.0. The first-order chi connectivity index (χ1) is 9.97. The number of rotatable bonds is 4. The van der Waals surface area contributed by atoms with E-state index >= 15 is 0 Å². The van der Waals surface area contributed by atoms with Crippen LogP contribution in [0.5, 0.6) is 0 Å². The van der Waals surface area contributed by atoms with Crippen molar-refractivity contribution in [3.63, 3.8) is 0 Å². The second-order valence-corrected chi connectivity index (χ2v) is 6.28. The topological polar surface area (TPSA) is 47.6 Å². The van der Waals surface area contributed by atoms with E-state index in [0.29, 0.717) is 6.54 Å². The zero-order chi connectivity index (χ0) is 15.3. The molecule has 1 aliphatic rings. The van der Waals surface area contributed by atoms with Crippen molar-refractivity contribution in [3.05, 3.63) is 30.3 Å². The van der Waals surface area contributed by atoms with Gasteiger partial charge in [-0.05, 0) is 33.0 Å². The number of likely N-dealkylation sites (N-methyl/N-ethyl adjacent to an activating group) is 1. The molecule has 0 unspecified atom stereocenters. The molecular weight excluding hydrogens is 264 g/mol. The third-order valence-electron chi connectivity index (χ3n) is 4.07. The molecule has 0 radical (unpaired) electrons. The Morgan fingerprint density at radius 3 is 2.38 bits per heavy atom. The Kier molecular flexibility index (Phi) is 5.20. The molecular formula is C16H26N4O. The molecule has 5 heteroatoms. The number of anilines is 1. The molecule has 2 amide bonds. The van der Waals surface area contributed by atoms with Crippen LogP contribution >= 0.6 is 0 Å². The predicted molar refractivity (Wildman–Crippen MR) is 86.6 cm³/mol. The van der Waals surface area contributed by atoms with Gasteiger partial charge >= 0.3 is 6.03 Å². The number of nitrogens with one attached hydrogen (secondary N) is 2. The van der Waals surface area contributed by atoms with E-state index in [1.54, 1.807) is 0 Å². The molecule has 0 spiro atoms. The van der Waals surface area contributed by atoms with E-state index in [9.17, 15) is 4.79 Å². The van der Waals surface area contributed by atoms with Gasteiger partial charge in [-0.15, -0.1) is 0 Å². The van der Waals surface area contributed by atoms with E-state index < -0.39 is 0 Å². The van der Waals surface area contributed by atoms with E-state index in [-0.39, 0.29) is 11.6 Å². The van der Waals surface area contributed by atoms with Gasteiger partial charge in [0.25, 0.3) is 0 Å². The van der Waals surface area contributed by atoms with Crippen molar-refractivity contribution in [2.24, 2.45) is 0 Å². The van der Waals surface area contributed by atoms with Crippen molar-refractivity contribution in [3.8, 4) is 0 Å². The molecule has 1 fully saturated rings. The van der Waals surface area contributed by atoms with Gasteiger partial charge in [-0.1, -0.05) is 18.2 Å². The van der Waals surface area contributed by atoms with Gasteiger partial charge in [0.05, 0.1) is 0 Å². The van der Waals surface area contributed by atoms with Crippen molar-refractivity contribution >= 4 is 11.7 Å². The molecule has 0 bridgehead atoms. The van der Waals surface area contributed by atoms with Crippen LogP contribution in [0.1, 0.15) is 13.8 Å². The number of para-hydroxylation sites is 1. The minimum atomic E-state index is -0.150. The fourth-order valence-corrected chi connectivity index (χ4v) is 2.52. The quantitative estimate of drug-likeness (QED) is 0.889. The predicted octanol–water partition coefficient (Wildman–Crippen LogP) is 1.83. The van der Waals surface area contributed by atoms with E-state index in [1.165, 1.54) is 0 Å². The lowest BCUT2D eigenvalue weighted by Gasteiger charge is -2.43. The van der Waals surface area contributed by atoms with Gasteiger partial charge in [0.1, 0.15) is 0 Å². The molecule has 0 aromatic heterocycles. The van der Waals surface area contributed by atoms with Crippen molar-refractivity contribution < 1.29 is 4.79 Å². The molecule has 5 nitrogen and oxygen atoms in total. The minimum absolute atomic E-state index is 0.0325. The van der Waals surface area contributed by atoms with Crippen LogP contribution in [0.3, 0.4) is 0 Å².